The van der Waals surface area contributed by atoms with E-state index in [1.54, 1.807) is 6.21 Å². The largest absolute Gasteiger partial charge is 0.372 e. The molecule has 0 aromatic heterocycles. The van der Waals surface area contributed by atoms with Gasteiger partial charge >= 0.3 is 0 Å². The van der Waals surface area contributed by atoms with Gasteiger partial charge in [-0.2, -0.15) is 5.10 Å². The highest BCUT2D eigenvalue weighted by molar-refractivity contribution is 5.85. The number of hydrazone groups is 1. The summed E-state index contributed by atoms with van der Waals surface area (Å²) in [5.74, 6) is -0.0947. The van der Waals surface area contributed by atoms with Gasteiger partial charge in [-0.1, -0.05) is 30.3 Å². The Labute approximate surface area is 161 Å². The number of amides is 1. The predicted molar refractivity (Wildman–Crippen MR) is 113 cm³/mol. The molecule has 2 aromatic carbocycles. The van der Waals surface area contributed by atoms with Gasteiger partial charge in [0.25, 0.3) is 5.91 Å². The van der Waals surface area contributed by atoms with Crippen molar-refractivity contribution in [3.05, 3.63) is 59.7 Å². The van der Waals surface area contributed by atoms with E-state index in [1.807, 2.05) is 18.2 Å². The van der Waals surface area contributed by atoms with Gasteiger partial charge in [-0.15, -0.1) is 0 Å². The molecule has 2 aromatic rings. The lowest BCUT2D eigenvalue weighted by atomic mass is 10.0. The smallest absolute Gasteiger partial charge is 0.259 e. The molecule has 0 spiro atoms. The van der Waals surface area contributed by atoms with Crippen molar-refractivity contribution in [1.82, 2.24) is 5.43 Å². The molecule has 1 aliphatic heterocycles. The lowest BCUT2D eigenvalue weighted by molar-refractivity contribution is -0.119. The van der Waals surface area contributed by atoms with Crippen LogP contribution in [0.2, 0.25) is 0 Å². The minimum Gasteiger partial charge on any atom is -0.372 e. The number of carbonyl (C=O) groups is 1. The Balaban J connectivity index is 1.54. The summed E-state index contributed by atoms with van der Waals surface area (Å²) >= 11 is 0. The second-order valence-electron chi connectivity index (χ2n) is 6.71. The lowest BCUT2D eigenvalue weighted by Gasteiger charge is -2.30. The van der Waals surface area contributed by atoms with E-state index in [4.69, 9.17) is 0 Å². The second kappa shape index (κ2) is 9.21. The fourth-order valence-electron chi connectivity index (χ4n) is 3.52. The molecule has 1 heterocycles. The summed E-state index contributed by atoms with van der Waals surface area (Å²) in [6, 6.07) is 16.5. The SMILES string of the molecule is CCN(CC)c1ccc(C=NNC(=O)CN2CCCc3ccccc32)cc1. The van der Waals surface area contributed by atoms with Crippen LogP contribution < -0.4 is 15.2 Å². The first-order valence-electron chi connectivity index (χ1n) is 9.71. The number of hydrogen-bond acceptors (Lipinski definition) is 4. The molecule has 0 atom stereocenters. The Hall–Kier alpha value is -2.82. The Morgan fingerprint density at radius 3 is 2.63 bits per heavy atom. The van der Waals surface area contributed by atoms with Crippen LogP contribution in [-0.2, 0) is 11.2 Å². The second-order valence-corrected chi connectivity index (χ2v) is 6.71. The van der Waals surface area contributed by atoms with Gasteiger partial charge in [-0.25, -0.2) is 5.43 Å². The maximum absolute atomic E-state index is 12.3. The zero-order valence-electron chi connectivity index (χ0n) is 16.2. The molecule has 0 fully saturated rings. The zero-order chi connectivity index (χ0) is 19.1. The molecule has 0 radical (unpaired) electrons. The number of rotatable bonds is 7. The highest BCUT2D eigenvalue weighted by Crippen LogP contribution is 2.26. The molecule has 0 saturated carbocycles. The molecular weight excluding hydrogens is 336 g/mol. The Morgan fingerprint density at radius 2 is 1.89 bits per heavy atom. The number of nitrogens with one attached hydrogen (secondary N) is 1. The van der Waals surface area contributed by atoms with Crippen molar-refractivity contribution in [2.75, 3.05) is 36.0 Å². The van der Waals surface area contributed by atoms with E-state index < -0.39 is 0 Å². The van der Waals surface area contributed by atoms with Crippen molar-refractivity contribution in [3.8, 4) is 0 Å². The lowest BCUT2D eigenvalue weighted by Crippen LogP contribution is -2.38. The Morgan fingerprint density at radius 1 is 1.15 bits per heavy atom. The number of anilines is 2. The fraction of sp³-hybridized carbons (Fsp3) is 0.364. The van der Waals surface area contributed by atoms with Gasteiger partial charge < -0.3 is 9.80 Å². The molecule has 0 bridgehead atoms. The summed E-state index contributed by atoms with van der Waals surface area (Å²) < 4.78 is 0. The highest BCUT2D eigenvalue weighted by atomic mass is 16.2. The average molecular weight is 364 g/mol. The number of carbonyl (C=O) groups excluding carboxylic acids is 1. The molecule has 0 aliphatic carbocycles. The van der Waals surface area contributed by atoms with Crippen LogP contribution in [0, 0.1) is 0 Å². The Kier molecular flexibility index (Phi) is 6.47. The molecular formula is C22H28N4O. The quantitative estimate of drug-likeness (QED) is 0.605. The van der Waals surface area contributed by atoms with Gasteiger partial charge in [-0.3, -0.25) is 4.79 Å². The standard InChI is InChI=1S/C22H28N4O/c1-3-25(4-2)20-13-11-18(12-14-20)16-23-24-22(27)17-26-15-7-9-19-8-5-6-10-21(19)26/h5-6,8,10-14,16H,3-4,7,9,15,17H2,1-2H3,(H,24,27). The van der Waals surface area contributed by atoms with Crippen LogP contribution in [0.25, 0.3) is 0 Å². The normalized spacial score (nSPS) is 13.5. The van der Waals surface area contributed by atoms with Gasteiger partial charge in [-0.05, 0) is 56.0 Å². The van der Waals surface area contributed by atoms with Gasteiger partial charge in [0.05, 0.1) is 12.8 Å². The van der Waals surface area contributed by atoms with Gasteiger partial charge in [0.2, 0.25) is 0 Å². The minimum atomic E-state index is -0.0947. The number of aryl methyl sites for hydroxylation is 1. The third kappa shape index (κ3) is 4.88. The first-order chi connectivity index (χ1) is 13.2. The van der Waals surface area contributed by atoms with Crippen LogP contribution in [-0.4, -0.2) is 38.3 Å². The molecule has 0 unspecified atom stereocenters. The van der Waals surface area contributed by atoms with Crippen molar-refractivity contribution in [2.24, 2.45) is 5.10 Å². The van der Waals surface area contributed by atoms with Crippen LogP contribution in [0.15, 0.2) is 53.6 Å². The topological polar surface area (TPSA) is 47.9 Å². The molecule has 27 heavy (non-hydrogen) atoms. The number of fused-ring (bicyclic) bond motifs is 1. The van der Waals surface area contributed by atoms with Gasteiger partial charge in [0.15, 0.2) is 0 Å². The number of benzene rings is 2. The average Bonchev–Trinajstić information content (AvgIpc) is 2.70. The van der Waals surface area contributed by atoms with Crippen molar-refractivity contribution in [1.29, 1.82) is 0 Å². The van der Waals surface area contributed by atoms with Crippen LogP contribution in [0.3, 0.4) is 0 Å². The minimum absolute atomic E-state index is 0.0947. The van der Waals surface area contributed by atoms with E-state index in [-0.39, 0.29) is 5.91 Å². The predicted octanol–water partition coefficient (Wildman–Crippen LogP) is 3.44. The van der Waals surface area contributed by atoms with E-state index in [0.29, 0.717) is 6.54 Å². The maximum atomic E-state index is 12.3. The van der Waals surface area contributed by atoms with Crippen LogP contribution in [0.1, 0.15) is 31.4 Å². The summed E-state index contributed by atoms with van der Waals surface area (Å²) in [6.45, 7) is 7.50. The first kappa shape index (κ1) is 19.0. The van der Waals surface area contributed by atoms with E-state index in [0.717, 1.165) is 43.7 Å². The number of nitrogens with zero attached hydrogens (tertiary/aromatic N) is 3. The van der Waals surface area contributed by atoms with Crippen molar-refractivity contribution in [2.45, 2.75) is 26.7 Å². The van der Waals surface area contributed by atoms with Crippen LogP contribution >= 0.6 is 0 Å². The summed E-state index contributed by atoms with van der Waals surface area (Å²) in [5.41, 5.74) is 7.29. The monoisotopic (exact) mass is 364 g/mol. The van der Waals surface area contributed by atoms with E-state index in [1.165, 1.54) is 11.3 Å². The molecule has 5 nitrogen and oxygen atoms in total. The number of hydrogen-bond donors (Lipinski definition) is 1. The molecule has 142 valence electrons. The Bertz CT molecular complexity index is 781. The fourth-order valence-corrected chi connectivity index (χ4v) is 3.52. The van der Waals surface area contributed by atoms with E-state index in [9.17, 15) is 4.79 Å². The summed E-state index contributed by atoms with van der Waals surface area (Å²) in [7, 11) is 0. The molecule has 1 aliphatic rings. The molecule has 5 heteroatoms. The summed E-state index contributed by atoms with van der Waals surface area (Å²) in [5, 5.41) is 4.11. The van der Waals surface area contributed by atoms with Gasteiger partial charge in [0.1, 0.15) is 0 Å². The van der Waals surface area contributed by atoms with E-state index >= 15 is 0 Å². The first-order valence-corrected chi connectivity index (χ1v) is 9.71. The maximum Gasteiger partial charge on any atom is 0.259 e. The third-order valence-corrected chi connectivity index (χ3v) is 4.97. The van der Waals surface area contributed by atoms with Gasteiger partial charge in [0, 0.05) is 31.0 Å². The molecule has 1 amide bonds. The van der Waals surface area contributed by atoms with Crippen molar-refractivity contribution in [3.63, 3.8) is 0 Å². The van der Waals surface area contributed by atoms with Crippen molar-refractivity contribution < 1.29 is 4.79 Å². The molecule has 0 saturated heterocycles. The van der Waals surface area contributed by atoms with Crippen molar-refractivity contribution >= 4 is 23.5 Å². The molecule has 3 rings (SSSR count). The highest BCUT2D eigenvalue weighted by Gasteiger charge is 2.18. The van der Waals surface area contributed by atoms with Crippen LogP contribution in [0.5, 0.6) is 0 Å². The van der Waals surface area contributed by atoms with E-state index in [2.05, 4.69) is 64.5 Å². The third-order valence-electron chi connectivity index (χ3n) is 4.97. The van der Waals surface area contributed by atoms with Crippen LogP contribution in [0.4, 0.5) is 11.4 Å². The summed E-state index contributed by atoms with van der Waals surface area (Å²) in [4.78, 5) is 16.7. The summed E-state index contributed by atoms with van der Waals surface area (Å²) in [6.07, 6.45) is 3.84. The molecule has 1 N–H and O–H groups in total. The zero-order valence-corrected chi connectivity index (χ0v) is 16.2. The number of para-hydroxylation sites is 1.